The van der Waals surface area contributed by atoms with E-state index in [-0.39, 0.29) is 36.5 Å². The zero-order valence-corrected chi connectivity index (χ0v) is 17.0. The summed E-state index contributed by atoms with van der Waals surface area (Å²) in [6, 6.07) is 5.94. The molecule has 0 aromatic heterocycles. The maximum absolute atomic E-state index is 14.3. The maximum Gasteiger partial charge on any atom is 0.242 e. The van der Waals surface area contributed by atoms with Crippen LogP contribution in [0.2, 0.25) is 0 Å². The molecule has 2 N–H and O–H groups in total. The van der Waals surface area contributed by atoms with Gasteiger partial charge in [0.2, 0.25) is 5.91 Å². The van der Waals surface area contributed by atoms with Crippen molar-refractivity contribution in [1.29, 1.82) is 0 Å². The molecule has 6 nitrogen and oxygen atoms in total. The summed E-state index contributed by atoms with van der Waals surface area (Å²) in [5.74, 6) is -0.474. The number of piperazine rings is 1. The van der Waals surface area contributed by atoms with Crippen molar-refractivity contribution in [3.63, 3.8) is 0 Å². The molecule has 2 aliphatic heterocycles. The number of ether oxygens (including phenoxy) is 1. The predicted molar refractivity (Wildman–Crippen MR) is 108 cm³/mol. The molecule has 154 valence electrons. The van der Waals surface area contributed by atoms with Crippen molar-refractivity contribution < 1.29 is 13.9 Å². The third-order valence-corrected chi connectivity index (χ3v) is 4.80. The smallest absolute Gasteiger partial charge is 0.242 e. The monoisotopic (exact) mass is 422 g/mol. The van der Waals surface area contributed by atoms with E-state index in [0.717, 1.165) is 32.7 Å². The Morgan fingerprint density at radius 2 is 1.81 bits per heavy atom. The van der Waals surface area contributed by atoms with Crippen LogP contribution in [0.5, 0.6) is 0 Å². The van der Waals surface area contributed by atoms with Crippen LogP contribution in [0.15, 0.2) is 24.3 Å². The first-order valence-corrected chi connectivity index (χ1v) is 9.03. The number of halogens is 3. The van der Waals surface area contributed by atoms with Crippen molar-refractivity contribution in [3.05, 3.63) is 35.6 Å². The molecule has 0 bridgehead atoms. The average Bonchev–Trinajstić information content (AvgIpc) is 2.65. The lowest BCUT2D eigenvalue weighted by atomic mass is 10.0. The molecule has 0 spiro atoms. The Balaban J connectivity index is 0.00000182. The van der Waals surface area contributed by atoms with Crippen molar-refractivity contribution >= 4 is 30.7 Å². The fourth-order valence-electron chi connectivity index (χ4n) is 3.40. The zero-order valence-electron chi connectivity index (χ0n) is 15.4. The molecule has 1 atom stereocenters. The highest BCUT2D eigenvalue weighted by Gasteiger charge is 2.30. The highest BCUT2D eigenvalue weighted by Crippen LogP contribution is 2.24. The molecule has 1 aromatic carbocycles. The van der Waals surface area contributed by atoms with Crippen molar-refractivity contribution in [2.45, 2.75) is 6.04 Å². The molecule has 0 aliphatic carbocycles. The van der Waals surface area contributed by atoms with Crippen LogP contribution < -0.4 is 10.6 Å². The minimum Gasteiger partial charge on any atom is -0.379 e. The summed E-state index contributed by atoms with van der Waals surface area (Å²) < 4.78 is 19.7. The van der Waals surface area contributed by atoms with Gasteiger partial charge in [-0.1, -0.05) is 18.2 Å². The lowest BCUT2D eigenvalue weighted by Gasteiger charge is -2.34. The fourth-order valence-corrected chi connectivity index (χ4v) is 3.40. The molecule has 3 rings (SSSR count). The van der Waals surface area contributed by atoms with Crippen molar-refractivity contribution in [1.82, 2.24) is 20.4 Å². The molecule has 1 aromatic rings. The Kier molecular flexibility index (Phi) is 11.1. The Hall–Kier alpha value is -0.960. The number of nitrogens with one attached hydrogen (secondary N) is 2. The molecule has 0 saturated carbocycles. The van der Waals surface area contributed by atoms with Crippen LogP contribution in [-0.4, -0.2) is 81.3 Å². The van der Waals surface area contributed by atoms with Crippen LogP contribution >= 0.6 is 24.8 Å². The van der Waals surface area contributed by atoms with E-state index in [1.807, 2.05) is 4.90 Å². The summed E-state index contributed by atoms with van der Waals surface area (Å²) >= 11 is 0. The lowest BCUT2D eigenvalue weighted by Crippen LogP contribution is -2.49. The molecule has 2 aliphatic rings. The van der Waals surface area contributed by atoms with Gasteiger partial charge in [0.25, 0.3) is 0 Å². The van der Waals surface area contributed by atoms with E-state index in [1.54, 1.807) is 18.2 Å². The van der Waals surface area contributed by atoms with Gasteiger partial charge >= 0.3 is 0 Å². The largest absolute Gasteiger partial charge is 0.379 e. The van der Waals surface area contributed by atoms with Crippen molar-refractivity contribution in [2.75, 3.05) is 65.6 Å². The van der Waals surface area contributed by atoms with E-state index in [2.05, 4.69) is 15.5 Å². The van der Waals surface area contributed by atoms with Gasteiger partial charge in [0.15, 0.2) is 0 Å². The first kappa shape index (κ1) is 24.1. The number of carbonyl (C=O) groups is 1. The van der Waals surface area contributed by atoms with Gasteiger partial charge in [-0.05, 0) is 6.07 Å². The normalized spacial score (nSPS) is 19.4. The minimum absolute atomic E-state index is 0. The highest BCUT2D eigenvalue weighted by atomic mass is 35.5. The van der Waals surface area contributed by atoms with Gasteiger partial charge in [-0.25, -0.2) is 4.39 Å². The second-order valence-corrected chi connectivity index (χ2v) is 6.46. The third-order valence-electron chi connectivity index (χ3n) is 4.80. The predicted octanol–water partition coefficient (Wildman–Crippen LogP) is 1.06. The Bertz CT molecular complexity index is 570. The second-order valence-electron chi connectivity index (χ2n) is 6.46. The number of nitrogens with zero attached hydrogens (tertiary/aromatic N) is 2. The van der Waals surface area contributed by atoms with Gasteiger partial charge in [-0.3, -0.25) is 14.6 Å². The average molecular weight is 423 g/mol. The van der Waals surface area contributed by atoms with E-state index in [1.165, 1.54) is 6.07 Å². The first-order valence-electron chi connectivity index (χ1n) is 9.03. The third kappa shape index (κ3) is 6.85. The summed E-state index contributed by atoms with van der Waals surface area (Å²) in [6.07, 6.45) is 0. The zero-order chi connectivity index (χ0) is 17.5. The number of hydrogen-bond acceptors (Lipinski definition) is 5. The number of carbonyl (C=O) groups excluding carboxylic acids is 1. The van der Waals surface area contributed by atoms with Crippen LogP contribution in [0.1, 0.15) is 11.6 Å². The van der Waals surface area contributed by atoms with Crippen molar-refractivity contribution in [3.8, 4) is 0 Å². The summed E-state index contributed by atoms with van der Waals surface area (Å²) in [5, 5.41) is 6.32. The number of morpholine rings is 1. The summed E-state index contributed by atoms with van der Waals surface area (Å²) in [6.45, 7) is 7.76. The first-order chi connectivity index (χ1) is 12.3. The Morgan fingerprint density at radius 3 is 2.48 bits per heavy atom. The van der Waals surface area contributed by atoms with Crippen LogP contribution in [0, 0.1) is 5.82 Å². The molecule has 9 heteroatoms. The molecular formula is C18H29Cl2FN4O2. The lowest BCUT2D eigenvalue weighted by molar-refractivity contribution is -0.128. The molecule has 0 radical (unpaired) electrons. The second kappa shape index (κ2) is 12.5. The number of amides is 1. The molecule has 2 heterocycles. The minimum atomic E-state index is -0.604. The molecular weight excluding hydrogens is 394 g/mol. The van der Waals surface area contributed by atoms with E-state index >= 15 is 0 Å². The number of hydrogen-bond donors (Lipinski definition) is 2. The quantitative estimate of drug-likeness (QED) is 0.717. The SMILES string of the molecule is Cl.Cl.O=C(NCCN1CCNCC1)C(c1ccccc1F)N1CCOCC1. The van der Waals surface area contributed by atoms with Gasteiger partial charge in [0, 0.05) is 57.9 Å². The van der Waals surface area contributed by atoms with E-state index in [4.69, 9.17) is 4.74 Å². The number of rotatable bonds is 6. The Labute approximate surface area is 172 Å². The van der Waals surface area contributed by atoms with E-state index < -0.39 is 6.04 Å². The molecule has 2 fully saturated rings. The molecule has 1 unspecified atom stereocenters. The topological polar surface area (TPSA) is 56.8 Å². The summed E-state index contributed by atoms with van der Waals surface area (Å²) in [4.78, 5) is 17.2. The van der Waals surface area contributed by atoms with Crippen LogP contribution in [-0.2, 0) is 9.53 Å². The van der Waals surface area contributed by atoms with E-state index in [0.29, 0.717) is 38.4 Å². The standard InChI is InChI=1S/C18H27FN4O2.2ClH/c19-16-4-2-1-3-15(16)17(23-11-13-25-14-12-23)18(24)21-7-10-22-8-5-20-6-9-22;;/h1-4,17,20H,5-14H2,(H,21,24);2*1H. The van der Waals surface area contributed by atoms with Crippen LogP contribution in [0.25, 0.3) is 0 Å². The van der Waals surface area contributed by atoms with Gasteiger partial charge in [-0.2, -0.15) is 0 Å². The van der Waals surface area contributed by atoms with E-state index in [9.17, 15) is 9.18 Å². The van der Waals surface area contributed by atoms with Gasteiger partial charge in [-0.15, -0.1) is 24.8 Å². The molecule has 1 amide bonds. The van der Waals surface area contributed by atoms with Crippen LogP contribution in [0.3, 0.4) is 0 Å². The van der Waals surface area contributed by atoms with Gasteiger partial charge < -0.3 is 15.4 Å². The highest BCUT2D eigenvalue weighted by molar-refractivity contribution is 5.85. The van der Waals surface area contributed by atoms with Gasteiger partial charge in [0.1, 0.15) is 11.9 Å². The maximum atomic E-state index is 14.3. The van der Waals surface area contributed by atoms with Crippen LogP contribution in [0.4, 0.5) is 4.39 Å². The molecule has 27 heavy (non-hydrogen) atoms. The summed E-state index contributed by atoms with van der Waals surface area (Å²) in [5.41, 5.74) is 0.434. The number of benzene rings is 1. The summed E-state index contributed by atoms with van der Waals surface area (Å²) in [7, 11) is 0. The van der Waals surface area contributed by atoms with Gasteiger partial charge in [0.05, 0.1) is 13.2 Å². The Morgan fingerprint density at radius 1 is 1.15 bits per heavy atom. The van der Waals surface area contributed by atoms with Crippen molar-refractivity contribution in [2.24, 2.45) is 0 Å². The fraction of sp³-hybridized carbons (Fsp3) is 0.611. The molecule has 2 saturated heterocycles.